The van der Waals surface area contributed by atoms with Crippen LogP contribution < -0.4 is 10.6 Å². The number of primary amides is 1. The first-order valence-corrected chi connectivity index (χ1v) is 6.92. The first kappa shape index (κ1) is 17.0. The zero-order valence-electron chi connectivity index (χ0n) is 12.4. The fraction of sp³-hybridized carbons (Fsp3) is 0.538. The number of hydrogen-bond acceptors (Lipinski definition) is 5. The van der Waals surface area contributed by atoms with Gasteiger partial charge >= 0.3 is 12.1 Å². The zero-order valence-corrected chi connectivity index (χ0v) is 12.4. The molecule has 0 atom stereocenters. The van der Waals surface area contributed by atoms with Crippen molar-refractivity contribution < 1.29 is 22.8 Å². The van der Waals surface area contributed by atoms with E-state index in [1.54, 1.807) is 4.90 Å². The molecule has 2 rings (SSSR count). The molecular formula is C13H16F3N5O2. The number of carbonyl (C=O) groups is 2. The summed E-state index contributed by atoms with van der Waals surface area (Å²) in [6, 6.07) is 0.883. The molecule has 126 valence electrons. The van der Waals surface area contributed by atoms with E-state index in [1.807, 2.05) is 0 Å². The average Bonchev–Trinajstić information content (AvgIpc) is 2.53. The van der Waals surface area contributed by atoms with Gasteiger partial charge in [0, 0.05) is 32.4 Å². The Bertz CT molecular complexity index is 600. The third-order valence-electron chi connectivity index (χ3n) is 3.75. The maximum atomic E-state index is 12.5. The summed E-state index contributed by atoms with van der Waals surface area (Å²) in [5, 5.41) is 0. The van der Waals surface area contributed by atoms with Crippen molar-refractivity contribution in [1.82, 2.24) is 14.9 Å². The Kier molecular flexibility index (Phi) is 4.71. The number of hydrogen-bond donors (Lipinski definition) is 1. The molecule has 2 heterocycles. The van der Waals surface area contributed by atoms with Gasteiger partial charge in [0.05, 0.1) is 0 Å². The van der Waals surface area contributed by atoms with Crippen LogP contribution in [0.1, 0.15) is 23.3 Å². The van der Waals surface area contributed by atoms with Crippen molar-refractivity contribution in [3.8, 4) is 0 Å². The van der Waals surface area contributed by atoms with Crippen LogP contribution in [0.15, 0.2) is 12.3 Å². The van der Waals surface area contributed by atoms with E-state index in [-0.39, 0.29) is 5.69 Å². The highest BCUT2D eigenvalue weighted by molar-refractivity contribution is 5.90. The Hall–Kier alpha value is -2.39. The van der Waals surface area contributed by atoms with Crippen molar-refractivity contribution in [3.63, 3.8) is 0 Å². The van der Waals surface area contributed by atoms with Gasteiger partial charge in [-0.1, -0.05) is 0 Å². The maximum absolute atomic E-state index is 12.5. The van der Waals surface area contributed by atoms with E-state index in [0.717, 1.165) is 11.9 Å². The third-order valence-corrected chi connectivity index (χ3v) is 3.75. The van der Waals surface area contributed by atoms with E-state index >= 15 is 0 Å². The first-order valence-electron chi connectivity index (χ1n) is 6.92. The van der Waals surface area contributed by atoms with Crippen LogP contribution in [-0.2, 0) is 4.79 Å². The van der Waals surface area contributed by atoms with Crippen LogP contribution in [0.2, 0.25) is 0 Å². The number of piperidine rings is 1. The highest BCUT2D eigenvalue weighted by Crippen LogP contribution is 2.24. The second-order valence-electron chi connectivity index (χ2n) is 5.24. The fourth-order valence-corrected chi connectivity index (χ4v) is 2.46. The Balaban J connectivity index is 2.00. The van der Waals surface area contributed by atoms with E-state index in [9.17, 15) is 22.8 Å². The summed E-state index contributed by atoms with van der Waals surface area (Å²) >= 11 is 0. The van der Waals surface area contributed by atoms with Gasteiger partial charge in [-0.15, -0.1) is 0 Å². The molecule has 0 aliphatic carbocycles. The highest BCUT2D eigenvalue weighted by atomic mass is 19.4. The molecule has 23 heavy (non-hydrogen) atoms. The number of carbonyl (C=O) groups excluding carboxylic acids is 2. The number of aromatic nitrogens is 2. The standard InChI is InChI=1S/C13H16F3N5O2/c1-20(11(23)13(14,15)16)8-3-6-21(7-4-8)12-18-5-2-9(19-12)10(17)22/h2,5,8H,3-4,6-7H2,1H3,(H2,17,22). The van der Waals surface area contributed by atoms with Crippen LogP contribution in [-0.4, -0.2) is 59.0 Å². The molecule has 0 bridgehead atoms. The number of nitrogens with two attached hydrogens (primary N) is 1. The van der Waals surface area contributed by atoms with Gasteiger partial charge < -0.3 is 15.5 Å². The molecule has 1 aromatic heterocycles. The third kappa shape index (κ3) is 3.88. The number of amides is 2. The maximum Gasteiger partial charge on any atom is 0.471 e. The van der Waals surface area contributed by atoms with Crippen molar-refractivity contribution in [2.45, 2.75) is 25.1 Å². The van der Waals surface area contributed by atoms with Crippen molar-refractivity contribution >= 4 is 17.8 Å². The topological polar surface area (TPSA) is 92.4 Å². The number of rotatable bonds is 3. The lowest BCUT2D eigenvalue weighted by atomic mass is 10.0. The SMILES string of the molecule is CN(C(=O)C(F)(F)F)C1CCN(c2nccc(C(N)=O)n2)CC1. The van der Waals surface area contributed by atoms with Crippen LogP contribution in [0.25, 0.3) is 0 Å². The predicted octanol–water partition coefficient (Wildman–Crippen LogP) is 0.565. The second-order valence-corrected chi connectivity index (χ2v) is 5.24. The van der Waals surface area contributed by atoms with Gasteiger partial charge in [-0.25, -0.2) is 9.97 Å². The van der Waals surface area contributed by atoms with Gasteiger partial charge in [-0.2, -0.15) is 13.2 Å². The molecule has 0 unspecified atom stereocenters. The Labute approximate surface area is 130 Å². The lowest BCUT2D eigenvalue weighted by molar-refractivity contribution is -0.186. The van der Waals surface area contributed by atoms with Crippen LogP contribution in [0, 0.1) is 0 Å². The number of nitrogens with zero attached hydrogens (tertiary/aromatic N) is 4. The molecule has 1 aliphatic heterocycles. The average molecular weight is 331 g/mol. The second kappa shape index (κ2) is 6.39. The summed E-state index contributed by atoms with van der Waals surface area (Å²) in [4.78, 5) is 32.9. The minimum atomic E-state index is -4.87. The lowest BCUT2D eigenvalue weighted by Crippen LogP contribution is -2.49. The summed E-state index contributed by atoms with van der Waals surface area (Å²) in [6.07, 6.45) is -2.77. The highest BCUT2D eigenvalue weighted by Gasteiger charge is 2.43. The molecule has 0 radical (unpaired) electrons. The van der Waals surface area contributed by atoms with E-state index in [4.69, 9.17) is 5.73 Å². The van der Waals surface area contributed by atoms with Crippen LogP contribution in [0.3, 0.4) is 0 Å². The molecule has 7 nitrogen and oxygen atoms in total. The van der Waals surface area contributed by atoms with Gasteiger partial charge in [0.15, 0.2) is 0 Å². The number of anilines is 1. The Morgan fingerprint density at radius 2 is 1.96 bits per heavy atom. The first-order chi connectivity index (χ1) is 10.7. The van der Waals surface area contributed by atoms with E-state index < -0.39 is 24.0 Å². The van der Waals surface area contributed by atoms with Gasteiger partial charge in [0.1, 0.15) is 5.69 Å². The fourth-order valence-electron chi connectivity index (χ4n) is 2.46. The van der Waals surface area contributed by atoms with E-state index in [1.165, 1.54) is 12.3 Å². The van der Waals surface area contributed by atoms with Crippen molar-refractivity contribution in [1.29, 1.82) is 0 Å². The molecule has 0 spiro atoms. The van der Waals surface area contributed by atoms with Gasteiger partial charge in [-0.05, 0) is 18.9 Å². The molecule has 1 fully saturated rings. The normalized spacial score (nSPS) is 16.3. The summed E-state index contributed by atoms with van der Waals surface area (Å²) in [5.74, 6) is -2.23. The quantitative estimate of drug-likeness (QED) is 0.874. The molecule has 1 saturated heterocycles. The van der Waals surface area contributed by atoms with Crippen molar-refractivity contribution in [2.75, 3.05) is 25.0 Å². The molecule has 2 N–H and O–H groups in total. The minimum absolute atomic E-state index is 0.0708. The monoisotopic (exact) mass is 331 g/mol. The largest absolute Gasteiger partial charge is 0.471 e. The molecule has 0 aromatic carbocycles. The summed E-state index contributed by atoms with van der Waals surface area (Å²) in [6.45, 7) is 0.755. The Morgan fingerprint density at radius 3 is 2.48 bits per heavy atom. The molecule has 0 saturated carbocycles. The van der Waals surface area contributed by atoms with E-state index in [2.05, 4.69) is 9.97 Å². The van der Waals surface area contributed by atoms with Crippen molar-refractivity contribution in [3.05, 3.63) is 18.0 Å². The summed E-state index contributed by atoms with van der Waals surface area (Å²) < 4.78 is 37.4. The summed E-state index contributed by atoms with van der Waals surface area (Å²) in [7, 11) is 1.15. The number of alkyl halides is 3. The Morgan fingerprint density at radius 1 is 1.35 bits per heavy atom. The predicted molar refractivity (Wildman–Crippen MR) is 74.6 cm³/mol. The zero-order chi connectivity index (χ0) is 17.2. The van der Waals surface area contributed by atoms with Gasteiger partial charge in [-0.3, -0.25) is 9.59 Å². The molecule has 1 aromatic rings. The van der Waals surface area contributed by atoms with Gasteiger partial charge in [0.2, 0.25) is 5.95 Å². The van der Waals surface area contributed by atoms with Crippen LogP contribution in [0.5, 0.6) is 0 Å². The smallest absolute Gasteiger partial charge is 0.364 e. The van der Waals surface area contributed by atoms with E-state index in [0.29, 0.717) is 31.9 Å². The molecule has 1 aliphatic rings. The minimum Gasteiger partial charge on any atom is -0.364 e. The molecule has 10 heteroatoms. The van der Waals surface area contributed by atoms with Crippen molar-refractivity contribution in [2.24, 2.45) is 5.73 Å². The molecular weight excluding hydrogens is 315 g/mol. The number of halogens is 3. The van der Waals surface area contributed by atoms with Gasteiger partial charge in [0.25, 0.3) is 5.91 Å². The molecule has 2 amide bonds. The lowest BCUT2D eigenvalue weighted by Gasteiger charge is -2.36. The van der Waals surface area contributed by atoms with Crippen LogP contribution in [0.4, 0.5) is 19.1 Å². The van der Waals surface area contributed by atoms with Crippen LogP contribution >= 0.6 is 0 Å². The summed E-state index contributed by atoms with van der Waals surface area (Å²) in [5.41, 5.74) is 5.22.